The fourth-order valence-electron chi connectivity index (χ4n) is 3.36. The van der Waals surface area contributed by atoms with Crippen molar-refractivity contribution in [2.24, 2.45) is 0 Å². The maximum Gasteiger partial charge on any atom is 0.115 e. The minimum atomic E-state index is -0.180. The highest BCUT2D eigenvalue weighted by Crippen LogP contribution is 2.40. The third-order valence-corrected chi connectivity index (χ3v) is 6.23. The SMILES string of the molecule is CCC(C)(C)c1nc(-c2ccc(O)cc2)c(C(C)(C)CC)nc1-c1ccc(O)cc1. The third-order valence-electron chi connectivity index (χ3n) is 6.23. The summed E-state index contributed by atoms with van der Waals surface area (Å²) >= 11 is 0. The smallest absolute Gasteiger partial charge is 0.115 e. The molecule has 0 spiro atoms. The zero-order valence-corrected chi connectivity index (χ0v) is 18.8. The lowest BCUT2D eigenvalue weighted by Gasteiger charge is -2.30. The Hall–Kier alpha value is -2.88. The van der Waals surface area contributed by atoms with E-state index in [0.29, 0.717) is 0 Å². The van der Waals surface area contributed by atoms with Crippen molar-refractivity contribution in [1.29, 1.82) is 0 Å². The maximum absolute atomic E-state index is 9.76. The van der Waals surface area contributed by atoms with Crippen LogP contribution in [0.25, 0.3) is 22.5 Å². The van der Waals surface area contributed by atoms with E-state index in [1.54, 1.807) is 24.3 Å². The highest BCUT2D eigenvalue weighted by atomic mass is 16.3. The van der Waals surface area contributed by atoms with E-state index < -0.39 is 0 Å². The van der Waals surface area contributed by atoms with Crippen LogP contribution in [-0.4, -0.2) is 20.2 Å². The van der Waals surface area contributed by atoms with E-state index in [1.807, 2.05) is 24.3 Å². The molecular weight excluding hydrogens is 372 g/mol. The summed E-state index contributed by atoms with van der Waals surface area (Å²) in [5.74, 6) is 0.468. The van der Waals surface area contributed by atoms with Gasteiger partial charge in [0.1, 0.15) is 11.5 Å². The lowest BCUT2D eigenvalue weighted by atomic mass is 9.80. The molecule has 0 saturated carbocycles. The molecule has 0 unspecified atom stereocenters. The number of aromatic nitrogens is 2. The molecule has 0 atom stereocenters. The molecule has 158 valence electrons. The molecule has 1 aromatic heterocycles. The summed E-state index contributed by atoms with van der Waals surface area (Å²) in [7, 11) is 0. The van der Waals surface area contributed by atoms with Gasteiger partial charge in [-0.05, 0) is 61.4 Å². The van der Waals surface area contributed by atoms with E-state index in [2.05, 4.69) is 41.5 Å². The Balaban J connectivity index is 2.38. The van der Waals surface area contributed by atoms with Gasteiger partial charge >= 0.3 is 0 Å². The highest BCUT2D eigenvalue weighted by Gasteiger charge is 2.32. The molecule has 0 fully saturated rings. The summed E-state index contributed by atoms with van der Waals surface area (Å²) in [5, 5.41) is 19.5. The molecule has 3 rings (SSSR count). The van der Waals surface area contributed by atoms with Crippen LogP contribution in [0.1, 0.15) is 65.8 Å². The predicted molar refractivity (Wildman–Crippen MR) is 123 cm³/mol. The van der Waals surface area contributed by atoms with Gasteiger partial charge in [0.2, 0.25) is 0 Å². The Morgan fingerprint density at radius 3 is 1.17 bits per heavy atom. The number of nitrogens with zero attached hydrogens (tertiary/aromatic N) is 2. The summed E-state index contributed by atoms with van der Waals surface area (Å²) in [6, 6.07) is 14.4. The van der Waals surface area contributed by atoms with Gasteiger partial charge in [0, 0.05) is 22.0 Å². The van der Waals surface area contributed by atoms with Gasteiger partial charge in [-0.1, -0.05) is 41.5 Å². The average Bonchev–Trinajstić information content (AvgIpc) is 2.74. The number of hydrogen-bond donors (Lipinski definition) is 2. The van der Waals surface area contributed by atoms with Gasteiger partial charge in [0.15, 0.2) is 0 Å². The zero-order chi connectivity index (χ0) is 22.1. The van der Waals surface area contributed by atoms with Crippen molar-refractivity contribution >= 4 is 0 Å². The van der Waals surface area contributed by atoms with Crippen molar-refractivity contribution in [3.63, 3.8) is 0 Å². The first-order valence-electron chi connectivity index (χ1n) is 10.6. The molecule has 0 bridgehead atoms. The number of benzene rings is 2. The van der Waals surface area contributed by atoms with Crippen LogP contribution in [0, 0.1) is 0 Å². The first kappa shape index (κ1) is 21.8. The normalized spacial score (nSPS) is 12.2. The van der Waals surface area contributed by atoms with E-state index in [0.717, 1.165) is 46.7 Å². The van der Waals surface area contributed by atoms with Crippen LogP contribution in [0.4, 0.5) is 0 Å². The summed E-state index contributed by atoms with van der Waals surface area (Å²) in [6.45, 7) is 13.1. The predicted octanol–water partition coefficient (Wildman–Crippen LogP) is 6.60. The van der Waals surface area contributed by atoms with Gasteiger partial charge in [-0.25, -0.2) is 9.97 Å². The number of rotatable bonds is 6. The number of hydrogen-bond acceptors (Lipinski definition) is 4. The molecule has 0 aliphatic carbocycles. The highest BCUT2D eigenvalue weighted by molar-refractivity contribution is 5.70. The Morgan fingerprint density at radius 2 is 0.900 bits per heavy atom. The van der Waals surface area contributed by atoms with E-state index in [-0.39, 0.29) is 22.3 Å². The maximum atomic E-state index is 9.76. The van der Waals surface area contributed by atoms with Crippen LogP contribution in [0.5, 0.6) is 11.5 Å². The molecule has 4 nitrogen and oxygen atoms in total. The molecule has 0 saturated heterocycles. The molecule has 3 aromatic rings. The van der Waals surface area contributed by atoms with Crippen LogP contribution in [-0.2, 0) is 10.8 Å². The fourth-order valence-corrected chi connectivity index (χ4v) is 3.36. The van der Waals surface area contributed by atoms with Gasteiger partial charge in [-0.3, -0.25) is 0 Å². The van der Waals surface area contributed by atoms with Crippen LogP contribution >= 0.6 is 0 Å². The van der Waals surface area contributed by atoms with Crippen molar-refractivity contribution < 1.29 is 10.2 Å². The second kappa shape index (κ2) is 8.10. The van der Waals surface area contributed by atoms with Crippen LogP contribution in [0.3, 0.4) is 0 Å². The minimum Gasteiger partial charge on any atom is -0.508 e. The van der Waals surface area contributed by atoms with Gasteiger partial charge < -0.3 is 10.2 Å². The van der Waals surface area contributed by atoms with Gasteiger partial charge in [-0.15, -0.1) is 0 Å². The Bertz CT molecular complexity index is 935. The molecule has 0 radical (unpaired) electrons. The molecular formula is C26H32N2O2. The third kappa shape index (κ3) is 4.18. The van der Waals surface area contributed by atoms with Crippen molar-refractivity contribution in [3.05, 3.63) is 59.9 Å². The van der Waals surface area contributed by atoms with Crippen molar-refractivity contribution in [3.8, 4) is 34.0 Å². The monoisotopic (exact) mass is 404 g/mol. The first-order valence-corrected chi connectivity index (χ1v) is 10.6. The minimum absolute atomic E-state index is 0.180. The average molecular weight is 405 g/mol. The van der Waals surface area contributed by atoms with Gasteiger partial charge in [-0.2, -0.15) is 0 Å². The molecule has 0 aliphatic rings. The summed E-state index contributed by atoms with van der Waals surface area (Å²) in [5.41, 5.74) is 5.14. The second-order valence-corrected chi connectivity index (χ2v) is 9.19. The van der Waals surface area contributed by atoms with Crippen molar-refractivity contribution in [2.75, 3.05) is 0 Å². The number of phenols is 2. The zero-order valence-electron chi connectivity index (χ0n) is 18.8. The fraction of sp³-hybridized carbons (Fsp3) is 0.385. The quantitative estimate of drug-likeness (QED) is 0.486. The lowest BCUT2D eigenvalue weighted by molar-refractivity contribution is 0.471. The van der Waals surface area contributed by atoms with Crippen molar-refractivity contribution in [2.45, 2.75) is 65.2 Å². The van der Waals surface area contributed by atoms with E-state index in [4.69, 9.17) is 9.97 Å². The van der Waals surface area contributed by atoms with Crippen LogP contribution in [0.15, 0.2) is 48.5 Å². The largest absolute Gasteiger partial charge is 0.508 e. The molecule has 0 aliphatic heterocycles. The number of phenolic OH excluding ortho intramolecular Hbond substituents is 2. The molecule has 30 heavy (non-hydrogen) atoms. The summed E-state index contributed by atoms with van der Waals surface area (Å²) in [4.78, 5) is 10.4. The van der Waals surface area contributed by atoms with Gasteiger partial charge in [0.05, 0.1) is 22.8 Å². The summed E-state index contributed by atoms with van der Waals surface area (Å²) < 4.78 is 0. The van der Waals surface area contributed by atoms with Crippen LogP contribution in [0.2, 0.25) is 0 Å². The molecule has 1 heterocycles. The molecule has 4 heteroatoms. The lowest BCUT2D eigenvalue weighted by Crippen LogP contribution is -2.25. The van der Waals surface area contributed by atoms with Gasteiger partial charge in [0.25, 0.3) is 0 Å². The number of aromatic hydroxyl groups is 2. The second-order valence-electron chi connectivity index (χ2n) is 9.19. The van der Waals surface area contributed by atoms with E-state index in [1.165, 1.54) is 0 Å². The Labute approximate surface area is 179 Å². The topological polar surface area (TPSA) is 66.2 Å². The summed E-state index contributed by atoms with van der Waals surface area (Å²) in [6.07, 6.45) is 1.83. The molecule has 0 amide bonds. The first-order chi connectivity index (χ1) is 14.1. The van der Waals surface area contributed by atoms with Crippen LogP contribution < -0.4 is 0 Å². The molecule has 2 aromatic carbocycles. The van der Waals surface area contributed by atoms with E-state index in [9.17, 15) is 10.2 Å². The standard InChI is InChI=1S/C26H32N2O2/c1-7-25(3,4)23-21(17-9-13-19(29)14-10-17)28-24(26(5,6)8-2)22(27-23)18-11-15-20(30)16-12-18/h9-16,29-30H,7-8H2,1-6H3. The Kier molecular flexibility index (Phi) is 5.89. The van der Waals surface area contributed by atoms with E-state index >= 15 is 0 Å². The Morgan fingerprint density at radius 1 is 0.600 bits per heavy atom. The van der Waals surface area contributed by atoms with Crippen molar-refractivity contribution in [1.82, 2.24) is 9.97 Å². The molecule has 2 N–H and O–H groups in total.